The predicted molar refractivity (Wildman–Crippen MR) is 97.3 cm³/mol. The molecule has 0 unspecified atom stereocenters. The van der Waals surface area contributed by atoms with Crippen LogP contribution in [0.5, 0.6) is 0 Å². The summed E-state index contributed by atoms with van der Waals surface area (Å²) in [4.78, 5) is 29.3. The summed E-state index contributed by atoms with van der Waals surface area (Å²) in [6.45, 7) is 12.5. The number of aromatic nitrogens is 1. The maximum Gasteiger partial charge on any atom is 0.260 e. The van der Waals surface area contributed by atoms with E-state index in [4.69, 9.17) is 0 Å². The van der Waals surface area contributed by atoms with E-state index in [-0.39, 0.29) is 17.0 Å². The molecule has 5 nitrogen and oxygen atoms in total. The van der Waals surface area contributed by atoms with Crippen molar-refractivity contribution in [2.75, 3.05) is 26.2 Å². The van der Waals surface area contributed by atoms with E-state index in [0.717, 1.165) is 31.2 Å². The van der Waals surface area contributed by atoms with Gasteiger partial charge in [-0.15, -0.1) is 0 Å². The summed E-state index contributed by atoms with van der Waals surface area (Å²) >= 11 is 0. The van der Waals surface area contributed by atoms with E-state index < -0.39 is 0 Å². The van der Waals surface area contributed by atoms with Crippen molar-refractivity contribution < 1.29 is 4.79 Å². The van der Waals surface area contributed by atoms with E-state index >= 15 is 0 Å². The zero-order chi connectivity index (χ0) is 17.7. The molecule has 134 valence electrons. The number of carbonyl (C=O) groups is 1. The Labute approximate surface area is 144 Å². The normalized spacial score (nSPS) is 21.4. The van der Waals surface area contributed by atoms with Crippen molar-refractivity contribution in [1.82, 2.24) is 15.2 Å². The standard InChI is InChI=1S/C19H31N3O2/c1-5-15(6-2)11-22-10-13(3)16(12-22)9-20-18(23)17-8-7-14(4)21-19(17)24/h7-8,13,15-16H,5-6,9-12H2,1-4H3,(H,20,23)(H,21,24)/t13-,16-/m1/s1. The van der Waals surface area contributed by atoms with Crippen molar-refractivity contribution in [3.05, 3.63) is 33.7 Å². The Morgan fingerprint density at radius 2 is 2.04 bits per heavy atom. The topological polar surface area (TPSA) is 65.2 Å². The molecule has 1 amide bonds. The van der Waals surface area contributed by atoms with Gasteiger partial charge in [-0.2, -0.15) is 0 Å². The van der Waals surface area contributed by atoms with Gasteiger partial charge in [0.2, 0.25) is 0 Å². The quantitative estimate of drug-likeness (QED) is 0.805. The Balaban J connectivity index is 1.87. The number of aryl methyl sites for hydroxylation is 1. The van der Waals surface area contributed by atoms with Crippen LogP contribution in [-0.2, 0) is 0 Å². The molecular weight excluding hydrogens is 302 g/mol. The van der Waals surface area contributed by atoms with Crippen LogP contribution in [0.15, 0.2) is 16.9 Å². The summed E-state index contributed by atoms with van der Waals surface area (Å²) in [7, 11) is 0. The maximum absolute atomic E-state index is 12.2. The highest BCUT2D eigenvalue weighted by Crippen LogP contribution is 2.24. The summed E-state index contributed by atoms with van der Waals surface area (Å²) < 4.78 is 0. The number of likely N-dealkylation sites (tertiary alicyclic amines) is 1. The van der Waals surface area contributed by atoms with E-state index in [1.54, 1.807) is 19.1 Å². The van der Waals surface area contributed by atoms with Crippen LogP contribution < -0.4 is 10.9 Å². The second-order valence-electron chi connectivity index (χ2n) is 7.23. The van der Waals surface area contributed by atoms with Gasteiger partial charge in [0.25, 0.3) is 11.5 Å². The predicted octanol–water partition coefficient (Wildman–Crippen LogP) is 2.42. The van der Waals surface area contributed by atoms with Gasteiger partial charge in [-0.3, -0.25) is 9.59 Å². The molecule has 0 bridgehead atoms. The lowest BCUT2D eigenvalue weighted by Gasteiger charge is -2.21. The number of H-pyrrole nitrogens is 1. The fraction of sp³-hybridized carbons (Fsp3) is 0.684. The van der Waals surface area contributed by atoms with E-state index in [0.29, 0.717) is 18.4 Å². The number of nitrogens with one attached hydrogen (secondary N) is 2. The largest absolute Gasteiger partial charge is 0.352 e. The minimum absolute atomic E-state index is 0.195. The molecule has 1 aromatic heterocycles. The molecule has 1 aliphatic rings. The van der Waals surface area contributed by atoms with Gasteiger partial charge < -0.3 is 15.2 Å². The van der Waals surface area contributed by atoms with Gasteiger partial charge in [0.1, 0.15) is 5.56 Å². The molecule has 0 spiro atoms. The summed E-state index contributed by atoms with van der Waals surface area (Å²) in [6.07, 6.45) is 2.44. The van der Waals surface area contributed by atoms with Crippen molar-refractivity contribution in [3.8, 4) is 0 Å². The first-order valence-electron chi connectivity index (χ1n) is 9.15. The summed E-state index contributed by atoms with van der Waals surface area (Å²) in [5, 5.41) is 2.95. The highest BCUT2D eigenvalue weighted by molar-refractivity contribution is 5.93. The van der Waals surface area contributed by atoms with E-state index in [9.17, 15) is 9.59 Å². The molecular formula is C19H31N3O2. The molecule has 0 saturated carbocycles. The third-order valence-electron chi connectivity index (χ3n) is 5.34. The third kappa shape index (κ3) is 4.69. The number of pyridine rings is 1. The lowest BCUT2D eigenvalue weighted by molar-refractivity contribution is 0.0943. The number of aromatic amines is 1. The first-order valence-corrected chi connectivity index (χ1v) is 9.15. The minimum atomic E-state index is -0.317. The van der Waals surface area contributed by atoms with Crippen LogP contribution in [-0.4, -0.2) is 42.0 Å². The van der Waals surface area contributed by atoms with Crippen LogP contribution >= 0.6 is 0 Å². The molecule has 0 radical (unpaired) electrons. The second-order valence-corrected chi connectivity index (χ2v) is 7.23. The first kappa shape index (κ1) is 18.7. The monoisotopic (exact) mass is 333 g/mol. The lowest BCUT2D eigenvalue weighted by atomic mass is 9.98. The fourth-order valence-corrected chi connectivity index (χ4v) is 3.54. The molecule has 0 aromatic carbocycles. The van der Waals surface area contributed by atoms with Gasteiger partial charge in [-0.1, -0.05) is 33.6 Å². The smallest absolute Gasteiger partial charge is 0.260 e. The molecule has 5 heteroatoms. The Morgan fingerprint density at radius 3 is 2.67 bits per heavy atom. The molecule has 2 rings (SSSR count). The van der Waals surface area contributed by atoms with E-state index in [1.165, 1.54) is 12.8 Å². The van der Waals surface area contributed by atoms with Crippen molar-refractivity contribution in [2.45, 2.75) is 40.5 Å². The SMILES string of the molecule is CCC(CC)CN1C[C@@H](CNC(=O)c2ccc(C)[nH]c2=O)[C@H](C)C1. The molecule has 0 aliphatic carbocycles. The molecule has 2 N–H and O–H groups in total. The number of rotatable bonds is 7. The van der Waals surface area contributed by atoms with Gasteiger partial charge in [-0.05, 0) is 36.8 Å². The summed E-state index contributed by atoms with van der Waals surface area (Å²) in [5.41, 5.74) is 0.639. The van der Waals surface area contributed by atoms with Crippen LogP contribution in [0.1, 0.15) is 49.7 Å². The van der Waals surface area contributed by atoms with Crippen molar-refractivity contribution in [2.24, 2.45) is 17.8 Å². The first-order chi connectivity index (χ1) is 11.4. The molecule has 24 heavy (non-hydrogen) atoms. The molecule has 1 saturated heterocycles. The maximum atomic E-state index is 12.2. The summed E-state index contributed by atoms with van der Waals surface area (Å²) in [6, 6.07) is 3.35. The van der Waals surface area contributed by atoms with Crippen LogP contribution in [0.4, 0.5) is 0 Å². The number of hydrogen-bond acceptors (Lipinski definition) is 3. The number of nitrogens with zero attached hydrogens (tertiary/aromatic N) is 1. The van der Waals surface area contributed by atoms with Crippen molar-refractivity contribution in [3.63, 3.8) is 0 Å². The Morgan fingerprint density at radius 1 is 1.33 bits per heavy atom. The number of hydrogen-bond donors (Lipinski definition) is 2. The molecule has 2 heterocycles. The van der Waals surface area contributed by atoms with Crippen molar-refractivity contribution >= 4 is 5.91 Å². The fourth-order valence-electron chi connectivity index (χ4n) is 3.54. The Kier molecular flexibility index (Phi) is 6.60. The molecule has 1 aromatic rings. The zero-order valence-electron chi connectivity index (χ0n) is 15.4. The Hall–Kier alpha value is -1.62. The van der Waals surface area contributed by atoms with Gasteiger partial charge >= 0.3 is 0 Å². The van der Waals surface area contributed by atoms with Gasteiger partial charge in [0.05, 0.1) is 0 Å². The van der Waals surface area contributed by atoms with Gasteiger partial charge in [0, 0.05) is 31.9 Å². The van der Waals surface area contributed by atoms with Gasteiger partial charge in [0.15, 0.2) is 0 Å². The van der Waals surface area contributed by atoms with Crippen LogP contribution in [0, 0.1) is 24.7 Å². The molecule has 1 fully saturated rings. The average Bonchev–Trinajstić information content (AvgIpc) is 2.90. The second kappa shape index (κ2) is 8.47. The zero-order valence-corrected chi connectivity index (χ0v) is 15.4. The lowest BCUT2D eigenvalue weighted by Crippen LogP contribution is -2.35. The molecule has 1 aliphatic heterocycles. The van der Waals surface area contributed by atoms with E-state index in [2.05, 4.69) is 36.0 Å². The highest BCUT2D eigenvalue weighted by atomic mass is 16.2. The van der Waals surface area contributed by atoms with E-state index in [1.807, 2.05) is 0 Å². The highest BCUT2D eigenvalue weighted by Gasteiger charge is 2.30. The average molecular weight is 333 g/mol. The van der Waals surface area contributed by atoms with Crippen molar-refractivity contribution in [1.29, 1.82) is 0 Å². The van der Waals surface area contributed by atoms with Crippen LogP contribution in [0.3, 0.4) is 0 Å². The number of amides is 1. The van der Waals surface area contributed by atoms with Gasteiger partial charge in [-0.25, -0.2) is 0 Å². The minimum Gasteiger partial charge on any atom is -0.352 e. The van der Waals surface area contributed by atoms with Crippen LogP contribution in [0.2, 0.25) is 0 Å². The summed E-state index contributed by atoms with van der Waals surface area (Å²) in [5.74, 6) is 1.50. The molecule has 2 atom stereocenters. The third-order valence-corrected chi connectivity index (χ3v) is 5.34. The Bertz CT molecular complexity index is 607. The van der Waals surface area contributed by atoms with Crippen LogP contribution in [0.25, 0.3) is 0 Å². The number of carbonyl (C=O) groups excluding carboxylic acids is 1.